The molecule has 0 atom stereocenters. The molecule has 18 nitrogen and oxygen atoms in total. The minimum atomic E-state index is -1.07. The number of H-pyrrole nitrogens is 1. The Kier molecular flexibility index (Phi) is 25.6. The minimum absolute atomic E-state index is 0. The lowest BCUT2D eigenvalue weighted by Gasteiger charge is -2.18. The summed E-state index contributed by atoms with van der Waals surface area (Å²) in [5.41, 5.74) is 18.4. The number of aliphatic hydroxyl groups excluding tert-OH is 1. The molecule has 6 heterocycles. The van der Waals surface area contributed by atoms with Crippen molar-refractivity contribution in [3.05, 3.63) is 259 Å². The average Bonchev–Trinajstić information content (AvgIpc) is 1.62. The smallest absolute Gasteiger partial charge is 0.403 e. The molecule has 5 aromatic heterocycles. The number of aliphatic hydroxyl groups is 1. The maximum atomic E-state index is 13.7. The number of carbonyl (C=O) groups is 5. The highest BCUT2D eigenvalue weighted by Gasteiger charge is 2.34. The van der Waals surface area contributed by atoms with Gasteiger partial charge in [-0.15, -0.1) is 0 Å². The van der Waals surface area contributed by atoms with E-state index >= 15 is 0 Å². The Labute approximate surface area is 544 Å². The van der Waals surface area contributed by atoms with Gasteiger partial charge in [-0.3, -0.25) is 39.2 Å². The molecule has 7 aromatic carbocycles. The summed E-state index contributed by atoms with van der Waals surface area (Å²) >= 11 is 4.60. The Hall–Kier alpha value is -11.6. The minimum Gasteiger partial charge on any atom is -0.511 e. The van der Waals surface area contributed by atoms with Gasteiger partial charge in [0.25, 0.3) is 5.91 Å². The summed E-state index contributed by atoms with van der Waals surface area (Å²) in [5.74, 6) is -2.34. The number of carbonyl (C=O) groups excluding carboxylic acids is 5. The lowest BCUT2D eigenvalue weighted by molar-refractivity contribution is -0.154. The fourth-order valence-electron chi connectivity index (χ4n) is 9.91. The number of pyridine rings is 3. The van der Waals surface area contributed by atoms with Crippen LogP contribution in [-0.4, -0.2) is 97.7 Å². The van der Waals surface area contributed by atoms with Crippen molar-refractivity contribution in [2.45, 2.75) is 41.0 Å². The number of ether oxygens (including phenoxy) is 4. The molecule has 0 spiro atoms. The van der Waals surface area contributed by atoms with E-state index in [1.807, 2.05) is 188 Å². The normalized spacial score (nSPS) is 10.9. The summed E-state index contributed by atoms with van der Waals surface area (Å²) < 4.78 is 19.2. The van der Waals surface area contributed by atoms with Gasteiger partial charge in [0.2, 0.25) is 0 Å². The Morgan fingerprint density at radius 2 is 1.01 bits per heavy atom. The fraction of sp³-hybridized carbons (Fsp3) is 0.135. The SMILES string of the molecule is C.C.C.COC(=O)C(C(=O)OC)c1ccc2ncccc2c1.COC(=O)Cc1ccc2ncccc2c1.COC(=O)Cl.Nc1n[nH]c(-c2ccccc2)c1-c1ccccc1.O=C1C(c2ccc3ncccc3c2)=C(O)Cc2c(-c3ccccc3)c(-c3ccccc3)nn21. The number of allylic oxidation sites excluding steroid dienone is 2. The van der Waals surface area contributed by atoms with Crippen molar-refractivity contribution >= 4 is 84.9 Å². The third kappa shape index (κ3) is 17.2. The molecule has 0 saturated heterocycles. The van der Waals surface area contributed by atoms with Crippen molar-refractivity contribution in [2.75, 3.05) is 34.2 Å². The number of hydrogen-bond donors (Lipinski definition) is 3. The molecule has 0 bridgehead atoms. The summed E-state index contributed by atoms with van der Waals surface area (Å²) in [7, 11) is 5.09. The van der Waals surface area contributed by atoms with Crippen LogP contribution in [0.15, 0.2) is 237 Å². The standard InChI is InChI=1S/C28H19N3O2.C15H13N3.C14H13NO4.C12H11NO2.C2H3ClO2.3CH4/c32-24-17-23-25(18-8-3-1-4-9-18)27(19-10-5-2-6-11-19)30-31(23)28(33)26(24)21-13-14-22-20(16-21)12-7-15-29-22;16-15-13(11-7-3-1-4-8-11)14(17-18-15)12-9-5-2-6-10-12;1-18-13(16)12(14(17)19-2)10-5-6-11-9(8-10)4-3-7-15-11;1-15-12(14)8-9-4-5-11-10(7-9)3-2-6-13-11;1-5-2(3)4;;;/h1-16,32H,17H2;1-10H,(H3,16,17,18);3-8,12H,1-2H3;2-7H,8H2,1H3;1H3;3*1H4. The van der Waals surface area contributed by atoms with Crippen molar-refractivity contribution in [3.8, 4) is 44.8 Å². The second-order valence-corrected chi connectivity index (χ2v) is 20.1. The van der Waals surface area contributed by atoms with E-state index in [9.17, 15) is 29.1 Å². The van der Waals surface area contributed by atoms with Gasteiger partial charge < -0.3 is 29.8 Å². The molecule has 0 fully saturated rings. The number of nitrogen functional groups attached to an aromatic ring is 1. The van der Waals surface area contributed by atoms with Gasteiger partial charge in [0.1, 0.15) is 11.5 Å². The van der Waals surface area contributed by atoms with Crippen molar-refractivity contribution in [1.82, 2.24) is 34.9 Å². The number of anilines is 1. The number of hydrogen-bond acceptors (Lipinski definition) is 16. The zero-order valence-corrected chi connectivity index (χ0v) is 49.9. The van der Waals surface area contributed by atoms with E-state index in [2.05, 4.69) is 55.7 Å². The summed E-state index contributed by atoms with van der Waals surface area (Å²) in [4.78, 5) is 70.2. The molecule has 4 N–H and O–H groups in total. The number of aromatic amines is 1. The zero-order valence-electron chi connectivity index (χ0n) is 49.2. The summed E-state index contributed by atoms with van der Waals surface area (Å²) in [5, 5.41) is 25.8. The Balaban J connectivity index is 0.000000199. The number of aromatic nitrogens is 7. The first-order valence-corrected chi connectivity index (χ1v) is 28.3. The summed E-state index contributed by atoms with van der Waals surface area (Å²) in [6.07, 6.45) is 5.69. The van der Waals surface area contributed by atoms with Crippen LogP contribution in [0.4, 0.5) is 10.6 Å². The molecule has 0 aliphatic carbocycles. The molecule has 474 valence electrons. The van der Waals surface area contributed by atoms with E-state index in [4.69, 9.17) is 10.8 Å². The lowest BCUT2D eigenvalue weighted by Crippen LogP contribution is -2.24. The van der Waals surface area contributed by atoms with Crippen LogP contribution >= 0.6 is 11.6 Å². The van der Waals surface area contributed by atoms with Gasteiger partial charge in [-0.05, 0) is 82.4 Å². The van der Waals surface area contributed by atoms with Crippen LogP contribution in [0.25, 0.3) is 83.1 Å². The van der Waals surface area contributed by atoms with Gasteiger partial charge in [0, 0.05) is 69.5 Å². The molecule has 1 aliphatic rings. The van der Waals surface area contributed by atoms with Crippen LogP contribution in [-0.2, 0) is 46.2 Å². The van der Waals surface area contributed by atoms with Gasteiger partial charge in [0.05, 0.1) is 73.9 Å². The number of fused-ring (bicyclic) bond motifs is 4. The predicted octanol–water partition coefficient (Wildman–Crippen LogP) is 15.8. The van der Waals surface area contributed by atoms with Crippen LogP contribution in [0.3, 0.4) is 0 Å². The van der Waals surface area contributed by atoms with Gasteiger partial charge in [-0.2, -0.15) is 14.9 Å². The number of benzene rings is 7. The number of rotatable bonds is 10. The zero-order chi connectivity index (χ0) is 63.5. The number of nitrogens with one attached hydrogen (secondary N) is 1. The highest BCUT2D eigenvalue weighted by molar-refractivity contribution is 6.61. The molecule has 12 aromatic rings. The van der Waals surface area contributed by atoms with E-state index in [0.717, 1.165) is 83.0 Å². The third-order valence-electron chi connectivity index (χ3n) is 14.2. The highest BCUT2D eigenvalue weighted by Crippen LogP contribution is 2.40. The second kappa shape index (κ2) is 33.8. The van der Waals surface area contributed by atoms with Crippen molar-refractivity contribution in [1.29, 1.82) is 0 Å². The quantitative estimate of drug-likeness (QED) is 0.0498. The van der Waals surface area contributed by atoms with Crippen LogP contribution in [0, 0.1) is 0 Å². The number of methoxy groups -OCH3 is 4. The molecule has 0 amide bonds. The topological polar surface area (TPSA) is 254 Å². The maximum Gasteiger partial charge on any atom is 0.403 e. The Morgan fingerprint density at radius 1 is 0.548 bits per heavy atom. The van der Waals surface area contributed by atoms with E-state index < -0.39 is 23.3 Å². The molecular weight excluding hydrogens is 1200 g/mol. The second-order valence-electron chi connectivity index (χ2n) is 19.8. The molecule has 1 aliphatic heterocycles. The summed E-state index contributed by atoms with van der Waals surface area (Å²) in [6, 6.07) is 67.6. The molecule has 0 saturated carbocycles. The Bertz CT molecular complexity index is 4510. The van der Waals surface area contributed by atoms with E-state index in [0.29, 0.717) is 29.1 Å². The number of nitrogens with two attached hydrogens (primary N) is 1. The van der Waals surface area contributed by atoms with Crippen LogP contribution in [0.2, 0.25) is 0 Å². The maximum absolute atomic E-state index is 13.7. The molecular formula is C74H71ClN8O10. The predicted molar refractivity (Wildman–Crippen MR) is 367 cm³/mol. The largest absolute Gasteiger partial charge is 0.511 e. The van der Waals surface area contributed by atoms with Crippen LogP contribution in [0.5, 0.6) is 0 Å². The average molecular weight is 1270 g/mol. The molecule has 19 heteroatoms. The van der Waals surface area contributed by atoms with Crippen molar-refractivity contribution in [3.63, 3.8) is 0 Å². The molecule has 93 heavy (non-hydrogen) atoms. The van der Waals surface area contributed by atoms with Gasteiger partial charge in [-0.1, -0.05) is 180 Å². The molecule has 0 unspecified atom stereocenters. The van der Waals surface area contributed by atoms with Gasteiger partial charge in [-0.25, -0.2) is 4.79 Å². The van der Waals surface area contributed by atoms with Crippen LogP contribution in [0.1, 0.15) is 55.4 Å². The number of halogens is 1. The first kappa shape index (κ1) is 70.5. The van der Waals surface area contributed by atoms with E-state index in [1.54, 1.807) is 42.9 Å². The van der Waals surface area contributed by atoms with Gasteiger partial charge in [0.15, 0.2) is 11.7 Å². The molecule has 13 rings (SSSR count). The number of esters is 3. The lowest BCUT2D eigenvalue weighted by atomic mass is 9.93. The van der Waals surface area contributed by atoms with Crippen molar-refractivity contribution in [2.24, 2.45) is 0 Å². The van der Waals surface area contributed by atoms with Crippen molar-refractivity contribution < 1.29 is 48.0 Å². The van der Waals surface area contributed by atoms with Gasteiger partial charge >= 0.3 is 23.3 Å². The fourth-order valence-corrected chi connectivity index (χ4v) is 9.91. The first-order valence-electron chi connectivity index (χ1n) is 27.9. The monoisotopic (exact) mass is 1270 g/mol. The highest BCUT2D eigenvalue weighted by atomic mass is 35.5. The number of nitrogens with zero attached hydrogens (tertiary/aromatic N) is 6. The van der Waals surface area contributed by atoms with Crippen LogP contribution < -0.4 is 5.73 Å². The first-order chi connectivity index (χ1) is 43.8. The Morgan fingerprint density at radius 3 is 1.52 bits per heavy atom. The molecule has 0 radical (unpaired) electrons. The third-order valence-corrected chi connectivity index (χ3v) is 14.3. The summed E-state index contributed by atoms with van der Waals surface area (Å²) in [6.45, 7) is 0. The van der Waals surface area contributed by atoms with E-state index in [1.165, 1.54) is 33.1 Å². The van der Waals surface area contributed by atoms with E-state index in [-0.39, 0.29) is 51.9 Å².